The zero-order valence-corrected chi connectivity index (χ0v) is 12.5. The lowest BCUT2D eigenvalue weighted by Crippen LogP contribution is -2.58. The smallest absolute Gasteiger partial charge is 0.343 e. The lowest BCUT2D eigenvalue weighted by molar-refractivity contribution is -0.168. The number of aliphatic carboxylic acids is 1. The number of carboxylic acid groups (broad SMARTS) is 1. The van der Waals surface area contributed by atoms with Crippen molar-refractivity contribution >= 4 is 17.7 Å². The molecule has 3 N–H and O–H groups in total. The standard InChI is InChI=1S/C13H23NO6/c1-6-7(2)9(14(5)11(17)8(3)15)10(16)13(4,20)12(18)19/h7-9,15,20H,6H2,1-5H3,(H,18,19)/t7-,8?,9-,13-/m0/s1. The number of hydrogen-bond donors (Lipinski definition) is 3. The molecular weight excluding hydrogens is 266 g/mol. The van der Waals surface area contributed by atoms with Gasteiger partial charge in [0.1, 0.15) is 6.10 Å². The van der Waals surface area contributed by atoms with Gasteiger partial charge < -0.3 is 20.2 Å². The SMILES string of the molecule is CC[C@H](C)[C@@H](C(=O)[C@](C)(O)C(=O)O)N(C)C(=O)C(C)O. The maximum Gasteiger partial charge on any atom is 0.343 e. The Hall–Kier alpha value is -1.47. The number of hydrogen-bond acceptors (Lipinski definition) is 5. The third kappa shape index (κ3) is 3.77. The Morgan fingerprint density at radius 2 is 1.70 bits per heavy atom. The van der Waals surface area contributed by atoms with E-state index in [2.05, 4.69) is 0 Å². The molecule has 0 aliphatic carbocycles. The highest BCUT2D eigenvalue weighted by atomic mass is 16.4. The fraction of sp³-hybridized carbons (Fsp3) is 0.769. The number of carbonyl (C=O) groups excluding carboxylic acids is 2. The van der Waals surface area contributed by atoms with Crippen LogP contribution < -0.4 is 0 Å². The van der Waals surface area contributed by atoms with E-state index in [9.17, 15) is 24.6 Å². The molecule has 7 nitrogen and oxygen atoms in total. The summed E-state index contributed by atoms with van der Waals surface area (Å²) in [5.74, 6) is -3.71. The molecule has 4 atom stereocenters. The first-order chi connectivity index (χ1) is 8.98. The molecule has 0 aromatic heterocycles. The minimum Gasteiger partial charge on any atom is -0.479 e. The van der Waals surface area contributed by atoms with E-state index in [1.165, 1.54) is 14.0 Å². The van der Waals surface area contributed by atoms with Crippen LogP contribution in [0, 0.1) is 5.92 Å². The Labute approximate surface area is 118 Å². The summed E-state index contributed by atoms with van der Waals surface area (Å²) in [5.41, 5.74) is -2.58. The van der Waals surface area contributed by atoms with Crippen molar-refractivity contribution in [3.05, 3.63) is 0 Å². The minimum atomic E-state index is -2.58. The number of aliphatic hydroxyl groups is 2. The number of rotatable bonds is 7. The summed E-state index contributed by atoms with van der Waals surface area (Å²) in [6, 6.07) is -1.12. The molecule has 0 spiro atoms. The number of carbonyl (C=O) groups is 3. The van der Waals surface area contributed by atoms with Crippen LogP contribution in [-0.2, 0) is 14.4 Å². The Kier molecular flexibility index (Phi) is 6.31. The fourth-order valence-electron chi connectivity index (χ4n) is 1.86. The number of aliphatic hydroxyl groups excluding tert-OH is 1. The average Bonchev–Trinajstić information content (AvgIpc) is 2.36. The average molecular weight is 289 g/mol. The van der Waals surface area contributed by atoms with Crippen molar-refractivity contribution in [2.24, 2.45) is 5.92 Å². The molecule has 0 rings (SSSR count). The van der Waals surface area contributed by atoms with Crippen LogP contribution in [0.3, 0.4) is 0 Å². The highest BCUT2D eigenvalue weighted by Crippen LogP contribution is 2.21. The first-order valence-corrected chi connectivity index (χ1v) is 6.43. The monoisotopic (exact) mass is 289 g/mol. The van der Waals surface area contributed by atoms with Crippen molar-refractivity contribution in [2.45, 2.75) is 51.9 Å². The van der Waals surface area contributed by atoms with Gasteiger partial charge in [0, 0.05) is 7.05 Å². The quantitative estimate of drug-likeness (QED) is 0.552. The predicted octanol–water partition coefficient (Wildman–Crippen LogP) is -0.355. The van der Waals surface area contributed by atoms with E-state index in [1.807, 2.05) is 0 Å². The zero-order chi connectivity index (χ0) is 16.2. The Bertz CT molecular complexity index is 390. The minimum absolute atomic E-state index is 0.360. The molecule has 0 saturated carbocycles. The summed E-state index contributed by atoms with van der Waals surface area (Å²) in [6.07, 6.45) is -0.807. The van der Waals surface area contributed by atoms with Crippen molar-refractivity contribution in [1.82, 2.24) is 4.90 Å². The number of carboxylic acids is 1. The predicted molar refractivity (Wildman–Crippen MR) is 71.0 cm³/mol. The molecule has 1 amide bonds. The third-order valence-electron chi connectivity index (χ3n) is 3.47. The van der Waals surface area contributed by atoms with Gasteiger partial charge >= 0.3 is 5.97 Å². The fourth-order valence-corrected chi connectivity index (χ4v) is 1.86. The summed E-state index contributed by atoms with van der Waals surface area (Å²) in [5, 5.41) is 28.0. The summed E-state index contributed by atoms with van der Waals surface area (Å²) >= 11 is 0. The molecule has 20 heavy (non-hydrogen) atoms. The lowest BCUT2D eigenvalue weighted by Gasteiger charge is -2.35. The Morgan fingerprint density at radius 1 is 1.25 bits per heavy atom. The van der Waals surface area contributed by atoms with Crippen LogP contribution >= 0.6 is 0 Å². The van der Waals surface area contributed by atoms with Crippen LogP contribution in [-0.4, -0.2) is 62.7 Å². The normalized spacial score (nSPS) is 18.6. The van der Waals surface area contributed by atoms with E-state index >= 15 is 0 Å². The van der Waals surface area contributed by atoms with Crippen LogP contribution in [0.4, 0.5) is 0 Å². The number of amides is 1. The second-order valence-corrected chi connectivity index (χ2v) is 5.20. The topological polar surface area (TPSA) is 115 Å². The molecule has 0 fully saturated rings. The Balaban J connectivity index is 5.54. The van der Waals surface area contributed by atoms with Gasteiger partial charge in [0.15, 0.2) is 5.78 Å². The number of nitrogens with zero attached hydrogens (tertiary/aromatic N) is 1. The van der Waals surface area contributed by atoms with E-state index in [4.69, 9.17) is 5.11 Å². The molecule has 7 heteroatoms. The van der Waals surface area contributed by atoms with Gasteiger partial charge in [0.2, 0.25) is 5.60 Å². The van der Waals surface area contributed by atoms with Gasteiger partial charge in [-0.25, -0.2) is 4.79 Å². The molecule has 0 aromatic carbocycles. The second-order valence-electron chi connectivity index (χ2n) is 5.20. The molecule has 116 valence electrons. The van der Waals surface area contributed by atoms with Crippen LogP contribution in [0.2, 0.25) is 0 Å². The second kappa shape index (κ2) is 6.81. The lowest BCUT2D eigenvalue weighted by atomic mass is 9.85. The van der Waals surface area contributed by atoms with Crippen molar-refractivity contribution in [1.29, 1.82) is 0 Å². The molecule has 0 radical (unpaired) electrons. The molecule has 0 aliphatic rings. The van der Waals surface area contributed by atoms with Gasteiger partial charge in [-0.2, -0.15) is 0 Å². The first-order valence-electron chi connectivity index (χ1n) is 6.43. The van der Waals surface area contributed by atoms with E-state index in [1.54, 1.807) is 13.8 Å². The van der Waals surface area contributed by atoms with Crippen LogP contribution in [0.5, 0.6) is 0 Å². The number of ketones is 1. The molecule has 0 heterocycles. The van der Waals surface area contributed by atoms with Crippen molar-refractivity contribution in [3.63, 3.8) is 0 Å². The molecule has 0 aromatic rings. The van der Waals surface area contributed by atoms with Crippen molar-refractivity contribution in [2.75, 3.05) is 7.05 Å². The molecule has 0 bridgehead atoms. The molecular formula is C13H23NO6. The Morgan fingerprint density at radius 3 is 2.00 bits per heavy atom. The molecule has 1 unspecified atom stereocenters. The van der Waals surface area contributed by atoms with Gasteiger partial charge in [0.25, 0.3) is 5.91 Å². The van der Waals surface area contributed by atoms with Crippen LogP contribution in [0.1, 0.15) is 34.1 Å². The van der Waals surface area contributed by atoms with E-state index in [0.29, 0.717) is 6.42 Å². The summed E-state index contributed by atoms with van der Waals surface area (Å²) in [6.45, 7) is 5.59. The van der Waals surface area contributed by atoms with Crippen molar-refractivity contribution in [3.8, 4) is 0 Å². The summed E-state index contributed by atoms with van der Waals surface area (Å²) in [4.78, 5) is 36.0. The first kappa shape index (κ1) is 18.5. The van der Waals surface area contributed by atoms with E-state index < -0.39 is 35.4 Å². The highest BCUT2D eigenvalue weighted by molar-refractivity contribution is 6.09. The maximum absolute atomic E-state index is 12.3. The number of Topliss-reactive ketones (excluding diaryl/α,β-unsaturated/α-hetero) is 1. The third-order valence-corrected chi connectivity index (χ3v) is 3.47. The van der Waals surface area contributed by atoms with Crippen LogP contribution in [0.25, 0.3) is 0 Å². The summed E-state index contributed by atoms with van der Waals surface area (Å²) < 4.78 is 0. The highest BCUT2D eigenvalue weighted by Gasteiger charge is 2.46. The van der Waals surface area contributed by atoms with Gasteiger partial charge in [-0.1, -0.05) is 20.3 Å². The zero-order valence-electron chi connectivity index (χ0n) is 12.5. The van der Waals surface area contributed by atoms with E-state index in [0.717, 1.165) is 11.8 Å². The number of likely N-dealkylation sites (N-methyl/N-ethyl adjacent to an activating group) is 1. The van der Waals surface area contributed by atoms with Gasteiger partial charge in [-0.15, -0.1) is 0 Å². The molecule has 0 saturated heterocycles. The van der Waals surface area contributed by atoms with E-state index in [-0.39, 0.29) is 5.92 Å². The maximum atomic E-state index is 12.3. The van der Waals surface area contributed by atoms with Crippen LogP contribution in [0.15, 0.2) is 0 Å². The van der Waals surface area contributed by atoms with Gasteiger partial charge in [0.05, 0.1) is 6.04 Å². The van der Waals surface area contributed by atoms with Gasteiger partial charge in [-0.3, -0.25) is 9.59 Å². The molecule has 0 aliphatic heterocycles. The van der Waals surface area contributed by atoms with Gasteiger partial charge in [-0.05, 0) is 19.8 Å². The van der Waals surface area contributed by atoms with Crippen molar-refractivity contribution < 1.29 is 29.7 Å². The summed E-state index contributed by atoms with van der Waals surface area (Å²) in [7, 11) is 1.31. The largest absolute Gasteiger partial charge is 0.479 e.